The minimum atomic E-state index is -3.12. The number of thioether (sulfide) groups is 1. The predicted octanol–water partition coefficient (Wildman–Crippen LogP) is 0.452. The highest BCUT2D eigenvalue weighted by Crippen LogP contribution is 2.28. The van der Waals surface area contributed by atoms with Crippen LogP contribution in [0.1, 0.15) is 39.9 Å². The average molecular weight is 484 g/mol. The van der Waals surface area contributed by atoms with Gasteiger partial charge in [-0.05, 0) is 13.3 Å². The summed E-state index contributed by atoms with van der Waals surface area (Å²) in [6, 6.07) is -0.334. The van der Waals surface area contributed by atoms with Gasteiger partial charge in [0.15, 0.2) is 15.5 Å². The van der Waals surface area contributed by atoms with E-state index in [0.29, 0.717) is 23.8 Å². The van der Waals surface area contributed by atoms with Gasteiger partial charge in [0, 0.05) is 32.1 Å². The van der Waals surface area contributed by atoms with Gasteiger partial charge in [0.1, 0.15) is 16.2 Å². The molecule has 0 radical (unpaired) electrons. The number of hydrogen-bond acceptors (Lipinski definition) is 8. The van der Waals surface area contributed by atoms with Crippen molar-refractivity contribution in [1.82, 2.24) is 24.0 Å². The number of fused-ring (bicyclic) bond motifs is 1. The Labute approximate surface area is 191 Å². The Morgan fingerprint density at radius 3 is 2.38 bits per heavy atom. The Hall–Kier alpha value is -2.21. The smallest absolute Gasteiger partial charge is 0.332 e. The fourth-order valence-corrected chi connectivity index (χ4v) is 6.37. The molecule has 176 valence electrons. The van der Waals surface area contributed by atoms with Gasteiger partial charge in [-0.2, -0.15) is 0 Å². The second kappa shape index (κ2) is 8.62. The Bertz CT molecular complexity index is 1290. The molecule has 1 aliphatic heterocycles. The van der Waals surface area contributed by atoms with Crippen LogP contribution in [0.25, 0.3) is 11.0 Å². The number of nitrogens with zero attached hydrogens (tertiary/aromatic N) is 5. The van der Waals surface area contributed by atoms with Crippen molar-refractivity contribution in [3.05, 3.63) is 26.7 Å². The number of rotatable bonds is 5. The minimum absolute atomic E-state index is 0.00786. The van der Waals surface area contributed by atoms with E-state index in [2.05, 4.69) is 9.97 Å². The van der Waals surface area contributed by atoms with Crippen LogP contribution >= 0.6 is 11.8 Å². The summed E-state index contributed by atoms with van der Waals surface area (Å²) in [7, 11) is -0.185. The summed E-state index contributed by atoms with van der Waals surface area (Å²) in [6.45, 7) is 7.98. The van der Waals surface area contributed by atoms with E-state index in [9.17, 15) is 22.8 Å². The average Bonchev–Trinajstić information content (AvgIpc) is 3.07. The van der Waals surface area contributed by atoms with E-state index in [1.165, 1.54) is 11.6 Å². The third-order valence-corrected chi connectivity index (χ3v) is 8.29. The fourth-order valence-electron chi connectivity index (χ4n) is 3.74. The van der Waals surface area contributed by atoms with E-state index in [1.54, 1.807) is 11.9 Å². The summed E-state index contributed by atoms with van der Waals surface area (Å²) < 4.78 is 26.0. The molecular weight excluding hydrogens is 454 g/mol. The van der Waals surface area contributed by atoms with Crippen LogP contribution in [-0.2, 0) is 34.1 Å². The molecule has 0 aliphatic carbocycles. The Kier molecular flexibility index (Phi) is 6.58. The van der Waals surface area contributed by atoms with Crippen molar-refractivity contribution in [2.24, 2.45) is 14.1 Å². The molecule has 1 atom stereocenters. The maximum atomic E-state index is 13.0. The van der Waals surface area contributed by atoms with E-state index >= 15 is 0 Å². The van der Waals surface area contributed by atoms with Crippen LogP contribution in [-0.4, -0.2) is 68.2 Å². The zero-order valence-electron chi connectivity index (χ0n) is 19.2. The topological polar surface area (TPSA) is 124 Å². The van der Waals surface area contributed by atoms with Gasteiger partial charge in [-0.15, -0.1) is 0 Å². The number of aromatic nitrogens is 4. The summed E-state index contributed by atoms with van der Waals surface area (Å²) in [5.74, 6) is 0.295. The lowest BCUT2D eigenvalue weighted by molar-refractivity contribution is -0.129. The molecule has 1 saturated heterocycles. The zero-order chi connectivity index (χ0) is 24.0. The highest BCUT2D eigenvalue weighted by Gasteiger charge is 2.34. The van der Waals surface area contributed by atoms with Crippen molar-refractivity contribution >= 4 is 38.5 Å². The summed E-state index contributed by atoms with van der Waals surface area (Å²) >= 11 is 1.11. The third-order valence-electron chi connectivity index (χ3n) is 5.58. The number of carbonyl (C=O) groups is 1. The van der Waals surface area contributed by atoms with Gasteiger partial charge in [-0.1, -0.05) is 32.5 Å². The normalized spacial score (nSPS) is 18.2. The molecule has 0 saturated carbocycles. The molecule has 3 rings (SSSR count). The Morgan fingerprint density at radius 1 is 1.19 bits per heavy atom. The van der Waals surface area contributed by atoms with Gasteiger partial charge in [0.25, 0.3) is 5.56 Å². The van der Waals surface area contributed by atoms with Gasteiger partial charge < -0.3 is 4.90 Å². The van der Waals surface area contributed by atoms with Gasteiger partial charge >= 0.3 is 5.69 Å². The molecule has 1 unspecified atom stereocenters. The van der Waals surface area contributed by atoms with Crippen LogP contribution < -0.4 is 11.2 Å². The van der Waals surface area contributed by atoms with Gasteiger partial charge in [0.05, 0.1) is 17.3 Å². The van der Waals surface area contributed by atoms with Crippen LogP contribution in [0.4, 0.5) is 0 Å². The standard InChI is InChI=1S/C20H29N5O5S2/c1-7-25(12-8-9-32(29,30)11-12)13(26)10-31-16-14-15(21-18(22-16)20(2,3)4)23(5)19(28)24(6)17(14)27/h12H,7-11H2,1-6H3. The summed E-state index contributed by atoms with van der Waals surface area (Å²) in [5.41, 5.74) is -1.24. The van der Waals surface area contributed by atoms with E-state index in [0.717, 1.165) is 16.3 Å². The SMILES string of the molecule is CCN(C(=O)CSc1nc(C(C)(C)C)nc2c1c(=O)n(C)c(=O)n2C)C1CCS(=O)(=O)C1. The number of hydrogen-bond donors (Lipinski definition) is 0. The monoisotopic (exact) mass is 483 g/mol. The van der Waals surface area contributed by atoms with E-state index < -0.39 is 26.5 Å². The lowest BCUT2D eigenvalue weighted by Crippen LogP contribution is -2.42. The van der Waals surface area contributed by atoms with Crippen LogP contribution in [0.15, 0.2) is 14.6 Å². The predicted molar refractivity (Wildman–Crippen MR) is 124 cm³/mol. The molecule has 1 fully saturated rings. The molecule has 3 heterocycles. The lowest BCUT2D eigenvalue weighted by Gasteiger charge is -2.26. The molecule has 12 heteroatoms. The molecule has 1 amide bonds. The maximum Gasteiger partial charge on any atom is 0.332 e. The van der Waals surface area contributed by atoms with Crippen molar-refractivity contribution in [1.29, 1.82) is 0 Å². The first kappa shape index (κ1) is 24.4. The molecule has 0 bridgehead atoms. The summed E-state index contributed by atoms with van der Waals surface area (Å²) in [4.78, 5) is 48.9. The van der Waals surface area contributed by atoms with Gasteiger partial charge in [-0.25, -0.2) is 23.2 Å². The van der Waals surface area contributed by atoms with Gasteiger partial charge in [-0.3, -0.25) is 18.7 Å². The zero-order valence-corrected chi connectivity index (χ0v) is 20.8. The first-order valence-electron chi connectivity index (χ1n) is 10.4. The lowest BCUT2D eigenvalue weighted by atomic mass is 9.96. The van der Waals surface area contributed by atoms with Crippen molar-refractivity contribution in [3.63, 3.8) is 0 Å². The van der Waals surface area contributed by atoms with Crippen molar-refractivity contribution < 1.29 is 13.2 Å². The minimum Gasteiger partial charge on any atom is -0.338 e. The van der Waals surface area contributed by atoms with Gasteiger partial charge in [0.2, 0.25) is 5.91 Å². The summed E-state index contributed by atoms with van der Waals surface area (Å²) in [5, 5.41) is 0.520. The van der Waals surface area contributed by atoms with Crippen LogP contribution in [0.3, 0.4) is 0 Å². The van der Waals surface area contributed by atoms with E-state index in [-0.39, 0.29) is 40.2 Å². The molecule has 0 aromatic carbocycles. The maximum absolute atomic E-state index is 13.0. The van der Waals surface area contributed by atoms with E-state index in [1.807, 2.05) is 27.7 Å². The molecule has 2 aromatic heterocycles. The highest BCUT2D eigenvalue weighted by atomic mass is 32.2. The molecule has 2 aromatic rings. The number of amides is 1. The number of carbonyl (C=O) groups excluding carboxylic acids is 1. The Morgan fingerprint density at radius 2 is 1.84 bits per heavy atom. The third kappa shape index (κ3) is 4.61. The molecule has 10 nitrogen and oxygen atoms in total. The van der Waals surface area contributed by atoms with E-state index in [4.69, 9.17) is 0 Å². The fraction of sp³-hybridized carbons (Fsp3) is 0.650. The number of aryl methyl sites for hydroxylation is 1. The summed E-state index contributed by atoms with van der Waals surface area (Å²) in [6.07, 6.45) is 0.430. The molecular formula is C20H29N5O5S2. The number of sulfone groups is 1. The van der Waals surface area contributed by atoms with Crippen LogP contribution in [0.2, 0.25) is 0 Å². The quantitative estimate of drug-likeness (QED) is 0.444. The Balaban J connectivity index is 2.01. The first-order valence-corrected chi connectivity index (χ1v) is 13.2. The van der Waals surface area contributed by atoms with Crippen LogP contribution in [0.5, 0.6) is 0 Å². The molecule has 0 N–H and O–H groups in total. The van der Waals surface area contributed by atoms with Crippen molar-refractivity contribution in [2.45, 2.75) is 50.6 Å². The molecule has 0 spiro atoms. The molecule has 32 heavy (non-hydrogen) atoms. The second-order valence-corrected chi connectivity index (χ2v) is 12.2. The van der Waals surface area contributed by atoms with Crippen LogP contribution in [0, 0.1) is 0 Å². The van der Waals surface area contributed by atoms with Crippen molar-refractivity contribution in [3.8, 4) is 0 Å². The highest BCUT2D eigenvalue weighted by molar-refractivity contribution is 8.00. The first-order chi connectivity index (χ1) is 14.8. The largest absolute Gasteiger partial charge is 0.338 e. The second-order valence-electron chi connectivity index (χ2n) is 9.03. The molecule has 1 aliphatic rings. The van der Waals surface area contributed by atoms with Crippen molar-refractivity contribution in [2.75, 3.05) is 23.8 Å².